The van der Waals surface area contributed by atoms with Crippen molar-refractivity contribution in [3.63, 3.8) is 0 Å². The molecule has 0 radical (unpaired) electrons. The minimum atomic E-state index is -0.444. The molecule has 0 heterocycles. The van der Waals surface area contributed by atoms with E-state index in [-0.39, 0.29) is 0 Å². The molecule has 5 nitrogen and oxygen atoms in total. The van der Waals surface area contributed by atoms with Crippen molar-refractivity contribution in [3.8, 4) is 11.5 Å². The molecule has 3 aromatic rings. The van der Waals surface area contributed by atoms with Crippen LogP contribution in [0.15, 0.2) is 84.4 Å². The maximum absolute atomic E-state index is 11.8. The highest BCUT2D eigenvalue weighted by atomic mass is 16.6. The van der Waals surface area contributed by atoms with Gasteiger partial charge in [-0.1, -0.05) is 67.1 Å². The van der Waals surface area contributed by atoms with Gasteiger partial charge in [-0.05, 0) is 86.8 Å². The number of rotatable bonds is 12. The van der Waals surface area contributed by atoms with Gasteiger partial charge in [0, 0.05) is 13.1 Å². The van der Waals surface area contributed by atoms with Crippen LogP contribution in [0.25, 0.3) is 5.57 Å². The Balaban J connectivity index is 1.90. The first kappa shape index (κ1) is 27.0. The van der Waals surface area contributed by atoms with E-state index in [0.717, 1.165) is 42.7 Å². The first-order valence-electron chi connectivity index (χ1n) is 12.7. The van der Waals surface area contributed by atoms with Crippen LogP contribution in [-0.2, 0) is 6.42 Å². The second kappa shape index (κ2) is 14.1. The van der Waals surface area contributed by atoms with Crippen molar-refractivity contribution in [1.82, 2.24) is 10.2 Å². The fourth-order valence-electron chi connectivity index (χ4n) is 4.07. The first-order chi connectivity index (χ1) is 17.5. The summed E-state index contributed by atoms with van der Waals surface area (Å²) in [5.41, 5.74) is 6.05. The minimum absolute atomic E-state index is 0.444. The number of amides is 1. The summed E-state index contributed by atoms with van der Waals surface area (Å²) < 4.78 is 11.3. The summed E-state index contributed by atoms with van der Waals surface area (Å²) in [6.07, 6.45) is 2.33. The maximum atomic E-state index is 11.8. The Morgan fingerprint density at radius 1 is 0.833 bits per heavy atom. The standard InChI is InChI=1S/C31H38N2O3/c1-5-25(23-24-11-8-7-9-12-24)30(27-15-19-29(20-16-27)36-31(34)32-6-2)26-13-17-28(18-14-26)35-22-10-21-33(3)4/h7-9,11-20H,5-6,10,21-23H2,1-4H3,(H,32,34)/b30-25-. The lowest BCUT2D eigenvalue weighted by molar-refractivity contribution is 0.201. The van der Waals surface area contributed by atoms with Gasteiger partial charge in [0.1, 0.15) is 11.5 Å². The highest BCUT2D eigenvalue weighted by molar-refractivity contribution is 5.83. The minimum Gasteiger partial charge on any atom is -0.494 e. The van der Waals surface area contributed by atoms with E-state index < -0.39 is 6.09 Å². The van der Waals surface area contributed by atoms with Gasteiger partial charge in [-0.25, -0.2) is 4.79 Å². The van der Waals surface area contributed by atoms with Gasteiger partial charge in [-0.15, -0.1) is 0 Å². The van der Waals surface area contributed by atoms with Gasteiger partial charge in [0.25, 0.3) is 0 Å². The van der Waals surface area contributed by atoms with Crippen molar-refractivity contribution in [3.05, 3.63) is 101 Å². The van der Waals surface area contributed by atoms with Crippen LogP contribution in [0.2, 0.25) is 0 Å². The quantitative estimate of drug-likeness (QED) is 0.294. The third-order valence-corrected chi connectivity index (χ3v) is 5.88. The second-order valence-corrected chi connectivity index (χ2v) is 8.97. The SMILES string of the molecule is CCNC(=O)Oc1ccc(/C(=C(/CC)Cc2ccccc2)c2ccc(OCCCN(C)C)cc2)cc1. The van der Waals surface area contributed by atoms with Crippen LogP contribution in [-0.4, -0.2) is 44.8 Å². The lowest BCUT2D eigenvalue weighted by atomic mass is 9.88. The molecule has 1 N–H and O–H groups in total. The van der Waals surface area contributed by atoms with E-state index in [4.69, 9.17) is 9.47 Å². The van der Waals surface area contributed by atoms with Gasteiger partial charge in [-0.2, -0.15) is 0 Å². The Bertz CT molecular complexity index is 1100. The predicted octanol–water partition coefficient (Wildman–Crippen LogP) is 6.58. The number of allylic oxidation sites excluding steroid dienone is 1. The molecule has 0 aliphatic heterocycles. The Hall–Kier alpha value is -3.57. The molecule has 0 fully saturated rings. The van der Waals surface area contributed by atoms with Crippen LogP contribution in [0.3, 0.4) is 0 Å². The zero-order chi connectivity index (χ0) is 25.8. The Morgan fingerprint density at radius 2 is 1.44 bits per heavy atom. The summed E-state index contributed by atoms with van der Waals surface area (Å²) in [4.78, 5) is 14.0. The average Bonchev–Trinajstić information content (AvgIpc) is 2.88. The van der Waals surface area contributed by atoms with Crippen LogP contribution in [0.1, 0.15) is 43.4 Å². The summed E-state index contributed by atoms with van der Waals surface area (Å²) in [6.45, 7) is 6.29. The van der Waals surface area contributed by atoms with E-state index >= 15 is 0 Å². The van der Waals surface area contributed by atoms with Gasteiger partial charge in [0.15, 0.2) is 0 Å². The molecule has 3 rings (SSSR count). The summed E-state index contributed by atoms with van der Waals surface area (Å²) in [5.74, 6) is 1.40. The van der Waals surface area contributed by atoms with Crippen molar-refractivity contribution >= 4 is 11.7 Å². The maximum Gasteiger partial charge on any atom is 0.412 e. The first-order valence-corrected chi connectivity index (χ1v) is 12.7. The molecule has 0 saturated carbocycles. The lowest BCUT2D eigenvalue weighted by Crippen LogP contribution is -2.26. The number of carbonyl (C=O) groups excluding carboxylic acids is 1. The van der Waals surface area contributed by atoms with Crippen molar-refractivity contribution in [1.29, 1.82) is 0 Å². The highest BCUT2D eigenvalue weighted by Gasteiger charge is 2.13. The molecule has 0 bridgehead atoms. The monoisotopic (exact) mass is 486 g/mol. The number of nitrogens with zero attached hydrogens (tertiary/aromatic N) is 1. The van der Waals surface area contributed by atoms with E-state index in [0.29, 0.717) is 18.9 Å². The number of ether oxygens (including phenoxy) is 2. The molecule has 0 atom stereocenters. The molecule has 0 unspecified atom stereocenters. The Labute approximate surface area is 215 Å². The third kappa shape index (κ3) is 8.28. The molecule has 0 spiro atoms. The Kier molecular flexibility index (Phi) is 10.6. The van der Waals surface area contributed by atoms with Crippen LogP contribution >= 0.6 is 0 Å². The fourth-order valence-corrected chi connectivity index (χ4v) is 4.07. The number of hydrogen-bond donors (Lipinski definition) is 1. The molecule has 36 heavy (non-hydrogen) atoms. The van der Waals surface area contributed by atoms with E-state index in [2.05, 4.69) is 67.6 Å². The summed E-state index contributed by atoms with van der Waals surface area (Å²) >= 11 is 0. The van der Waals surface area contributed by atoms with Crippen molar-refractivity contribution < 1.29 is 14.3 Å². The fraction of sp³-hybridized carbons (Fsp3) is 0.323. The smallest absolute Gasteiger partial charge is 0.412 e. The number of benzene rings is 3. The topological polar surface area (TPSA) is 50.8 Å². The summed E-state index contributed by atoms with van der Waals surface area (Å²) in [5, 5.41) is 2.66. The van der Waals surface area contributed by atoms with Crippen molar-refractivity contribution in [2.45, 2.75) is 33.1 Å². The summed E-state index contributed by atoms with van der Waals surface area (Å²) in [7, 11) is 4.14. The summed E-state index contributed by atoms with van der Waals surface area (Å²) in [6, 6.07) is 26.7. The number of nitrogens with one attached hydrogen (secondary N) is 1. The zero-order valence-corrected chi connectivity index (χ0v) is 21.9. The van der Waals surface area contributed by atoms with Gasteiger partial charge >= 0.3 is 6.09 Å². The van der Waals surface area contributed by atoms with Crippen molar-refractivity contribution in [2.75, 3.05) is 33.8 Å². The zero-order valence-electron chi connectivity index (χ0n) is 21.9. The molecular formula is C31H38N2O3. The largest absolute Gasteiger partial charge is 0.494 e. The molecule has 3 aromatic carbocycles. The molecule has 0 aliphatic rings. The molecule has 5 heteroatoms. The van der Waals surface area contributed by atoms with E-state index in [1.165, 1.54) is 16.7 Å². The van der Waals surface area contributed by atoms with E-state index in [1.807, 2.05) is 49.4 Å². The molecular weight excluding hydrogens is 448 g/mol. The molecule has 0 aliphatic carbocycles. The van der Waals surface area contributed by atoms with Crippen molar-refractivity contribution in [2.24, 2.45) is 0 Å². The third-order valence-electron chi connectivity index (χ3n) is 5.88. The Morgan fingerprint density at radius 3 is 2.00 bits per heavy atom. The normalized spacial score (nSPS) is 11.7. The second-order valence-electron chi connectivity index (χ2n) is 8.97. The number of carbonyl (C=O) groups is 1. The predicted molar refractivity (Wildman–Crippen MR) is 148 cm³/mol. The van der Waals surface area contributed by atoms with Gasteiger partial charge in [0.2, 0.25) is 0 Å². The van der Waals surface area contributed by atoms with Gasteiger partial charge in [-0.3, -0.25) is 0 Å². The van der Waals surface area contributed by atoms with Crippen LogP contribution in [0.5, 0.6) is 11.5 Å². The highest BCUT2D eigenvalue weighted by Crippen LogP contribution is 2.32. The van der Waals surface area contributed by atoms with Crippen LogP contribution < -0.4 is 14.8 Å². The molecule has 0 saturated heterocycles. The van der Waals surface area contributed by atoms with Crippen LogP contribution in [0.4, 0.5) is 4.79 Å². The average molecular weight is 487 g/mol. The molecule has 0 aromatic heterocycles. The van der Waals surface area contributed by atoms with Crippen LogP contribution in [0, 0.1) is 0 Å². The number of hydrogen-bond acceptors (Lipinski definition) is 4. The lowest BCUT2D eigenvalue weighted by Gasteiger charge is -2.17. The van der Waals surface area contributed by atoms with E-state index in [9.17, 15) is 4.79 Å². The van der Waals surface area contributed by atoms with Gasteiger partial charge < -0.3 is 19.7 Å². The molecule has 1 amide bonds. The van der Waals surface area contributed by atoms with Gasteiger partial charge in [0.05, 0.1) is 6.61 Å². The van der Waals surface area contributed by atoms with E-state index in [1.54, 1.807) is 0 Å². The molecule has 190 valence electrons.